The van der Waals surface area contributed by atoms with E-state index in [0.29, 0.717) is 6.42 Å². The van der Waals surface area contributed by atoms with Crippen LogP contribution in [-0.4, -0.2) is 31.4 Å². The molecule has 0 saturated heterocycles. The molecule has 34 heavy (non-hydrogen) atoms. The van der Waals surface area contributed by atoms with Crippen LogP contribution in [-0.2, 0) is 20.7 Å². The summed E-state index contributed by atoms with van der Waals surface area (Å²) in [6.07, 6.45) is 0.330. The number of Topliss-reactive ketones (excluding diaryl/α,β-unsaturated/α-hetero) is 1. The Kier molecular flexibility index (Phi) is 6.52. The quantitative estimate of drug-likeness (QED) is 0.298. The van der Waals surface area contributed by atoms with Crippen LogP contribution in [0, 0.1) is 29.1 Å². The Morgan fingerprint density at radius 2 is 1.59 bits per heavy atom. The first-order chi connectivity index (χ1) is 16.2. The van der Waals surface area contributed by atoms with Gasteiger partial charge in [0.15, 0.2) is 29.1 Å². The molecule has 0 spiro atoms. The second-order valence-corrected chi connectivity index (χ2v) is 7.87. The Labute approximate surface area is 191 Å². The summed E-state index contributed by atoms with van der Waals surface area (Å²) < 4.78 is 76.8. The number of ether oxygens (including phenoxy) is 1. The largest absolute Gasteiger partial charge is 0.462 e. The standard InChI is InChI=1S/C24H19F5N2O3/c1-11-15(24(33)34-8-7-12-5-3-2-4-6-12)17(16-13(31-11)9-30-10-14(16)32)18-19(25)21(27)23(29)22(28)20(18)26/h2-6,17,30-31H,7-10H2,1H3. The topological polar surface area (TPSA) is 67.4 Å². The predicted molar refractivity (Wildman–Crippen MR) is 111 cm³/mol. The summed E-state index contributed by atoms with van der Waals surface area (Å²) in [4.78, 5) is 25.8. The van der Waals surface area contributed by atoms with Crippen LogP contribution >= 0.6 is 0 Å². The minimum Gasteiger partial charge on any atom is -0.462 e. The van der Waals surface area contributed by atoms with Gasteiger partial charge in [0, 0.05) is 35.5 Å². The lowest BCUT2D eigenvalue weighted by molar-refractivity contribution is -0.139. The molecule has 5 nitrogen and oxygen atoms in total. The van der Waals surface area contributed by atoms with E-state index in [1.807, 2.05) is 18.2 Å². The van der Waals surface area contributed by atoms with Crippen LogP contribution in [0.15, 0.2) is 52.9 Å². The third kappa shape index (κ3) is 4.09. The van der Waals surface area contributed by atoms with Gasteiger partial charge in [0.25, 0.3) is 0 Å². The first-order valence-electron chi connectivity index (χ1n) is 10.4. The number of nitrogens with one attached hydrogen (secondary N) is 2. The van der Waals surface area contributed by atoms with Gasteiger partial charge in [-0.05, 0) is 12.5 Å². The first-order valence-corrected chi connectivity index (χ1v) is 10.4. The lowest BCUT2D eigenvalue weighted by atomic mass is 9.77. The van der Waals surface area contributed by atoms with Gasteiger partial charge in [-0.25, -0.2) is 26.7 Å². The average molecular weight is 478 g/mol. The maximum absolute atomic E-state index is 14.8. The van der Waals surface area contributed by atoms with Gasteiger partial charge in [-0.2, -0.15) is 0 Å². The van der Waals surface area contributed by atoms with E-state index in [1.54, 1.807) is 12.1 Å². The molecule has 178 valence electrons. The van der Waals surface area contributed by atoms with Gasteiger partial charge < -0.3 is 15.4 Å². The molecule has 0 aliphatic carbocycles. The zero-order valence-electron chi connectivity index (χ0n) is 17.9. The Balaban J connectivity index is 1.78. The summed E-state index contributed by atoms with van der Waals surface area (Å²) in [6, 6.07) is 9.02. The second kappa shape index (κ2) is 9.38. The summed E-state index contributed by atoms with van der Waals surface area (Å²) in [5.41, 5.74) is -0.794. The molecule has 0 saturated carbocycles. The highest BCUT2D eigenvalue weighted by Crippen LogP contribution is 2.43. The Bertz CT molecular complexity index is 1210. The number of carbonyl (C=O) groups excluding carboxylic acids is 2. The van der Waals surface area contributed by atoms with Crippen molar-refractivity contribution in [2.45, 2.75) is 19.3 Å². The van der Waals surface area contributed by atoms with Gasteiger partial charge in [-0.3, -0.25) is 4.79 Å². The molecule has 4 rings (SSSR count). The van der Waals surface area contributed by atoms with E-state index >= 15 is 0 Å². The van der Waals surface area contributed by atoms with Crippen LogP contribution in [0.3, 0.4) is 0 Å². The van der Waals surface area contributed by atoms with Gasteiger partial charge in [-0.15, -0.1) is 0 Å². The molecule has 2 aromatic rings. The zero-order valence-corrected chi connectivity index (χ0v) is 17.9. The van der Waals surface area contributed by atoms with E-state index in [2.05, 4.69) is 10.6 Å². The Morgan fingerprint density at radius 3 is 2.24 bits per heavy atom. The van der Waals surface area contributed by atoms with Crippen molar-refractivity contribution in [2.24, 2.45) is 0 Å². The van der Waals surface area contributed by atoms with Crippen molar-refractivity contribution in [1.82, 2.24) is 10.6 Å². The fraction of sp³-hybridized carbons (Fsp3) is 0.250. The summed E-state index contributed by atoms with van der Waals surface area (Å²) in [5, 5.41) is 5.62. The smallest absolute Gasteiger partial charge is 0.336 e. The summed E-state index contributed by atoms with van der Waals surface area (Å²) >= 11 is 0. The zero-order chi connectivity index (χ0) is 24.6. The molecule has 2 heterocycles. The van der Waals surface area contributed by atoms with E-state index < -0.39 is 57.9 Å². The monoisotopic (exact) mass is 478 g/mol. The van der Waals surface area contributed by atoms with Crippen LogP contribution < -0.4 is 10.6 Å². The number of hydrogen-bond acceptors (Lipinski definition) is 5. The number of allylic oxidation sites excluding steroid dienone is 1. The summed E-state index contributed by atoms with van der Waals surface area (Å²) in [5.74, 6) is -14.4. The maximum Gasteiger partial charge on any atom is 0.336 e. The second-order valence-electron chi connectivity index (χ2n) is 7.87. The fourth-order valence-electron chi connectivity index (χ4n) is 4.18. The number of halogens is 5. The minimum atomic E-state index is -2.33. The lowest BCUT2D eigenvalue weighted by Crippen LogP contribution is -2.43. The molecule has 1 atom stereocenters. The number of ketones is 1. The number of benzene rings is 2. The van der Waals surface area contributed by atoms with Gasteiger partial charge in [-0.1, -0.05) is 30.3 Å². The minimum absolute atomic E-state index is 0.0701. The molecule has 0 radical (unpaired) electrons. The van der Waals surface area contributed by atoms with Gasteiger partial charge in [0.2, 0.25) is 5.82 Å². The molecule has 2 N–H and O–H groups in total. The number of esters is 1. The van der Waals surface area contributed by atoms with E-state index in [1.165, 1.54) is 6.92 Å². The highest BCUT2D eigenvalue weighted by atomic mass is 19.2. The molecule has 2 aliphatic rings. The number of hydrogen-bond donors (Lipinski definition) is 2. The lowest BCUT2D eigenvalue weighted by Gasteiger charge is -2.34. The molecular formula is C24H19F5N2O3. The van der Waals surface area contributed by atoms with Gasteiger partial charge in [0.05, 0.1) is 24.6 Å². The van der Waals surface area contributed by atoms with Crippen molar-refractivity contribution < 1.29 is 36.3 Å². The van der Waals surface area contributed by atoms with Crippen LogP contribution in [0.1, 0.15) is 24.0 Å². The average Bonchev–Trinajstić information content (AvgIpc) is 2.82. The van der Waals surface area contributed by atoms with Crippen molar-refractivity contribution >= 4 is 11.8 Å². The van der Waals surface area contributed by atoms with E-state index in [0.717, 1.165) is 5.56 Å². The SMILES string of the molecule is CC1=C(C(=O)OCCc2ccccc2)C(c2c(F)c(F)c(F)c(F)c2F)C2=C(CNCC2=O)N1. The van der Waals surface area contributed by atoms with E-state index in [9.17, 15) is 31.5 Å². The molecule has 2 aliphatic heterocycles. The third-order valence-corrected chi connectivity index (χ3v) is 5.75. The van der Waals surface area contributed by atoms with Crippen molar-refractivity contribution in [3.63, 3.8) is 0 Å². The Hall–Kier alpha value is -3.53. The van der Waals surface area contributed by atoms with Crippen molar-refractivity contribution in [1.29, 1.82) is 0 Å². The fourth-order valence-corrected chi connectivity index (χ4v) is 4.18. The van der Waals surface area contributed by atoms with Crippen molar-refractivity contribution in [3.05, 3.63) is 93.1 Å². The van der Waals surface area contributed by atoms with Gasteiger partial charge in [0.1, 0.15) is 0 Å². The van der Waals surface area contributed by atoms with Gasteiger partial charge >= 0.3 is 5.97 Å². The van der Waals surface area contributed by atoms with E-state index in [4.69, 9.17) is 4.74 Å². The molecule has 1 unspecified atom stereocenters. The van der Waals surface area contributed by atoms with E-state index in [-0.39, 0.29) is 36.7 Å². The summed E-state index contributed by atoms with van der Waals surface area (Å²) in [6.45, 7) is 1.13. The molecular weight excluding hydrogens is 459 g/mol. The molecule has 2 aromatic carbocycles. The van der Waals surface area contributed by atoms with Crippen LogP contribution in [0.5, 0.6) is 0 Å². The normalized spacial score (nSPS) is 18.1. The number of dihydropyridines is 1. The third-order valence-electron chi connectivity index (χ3n) is 5.75. The van der Waals surface area contributed by atoms with Crippen LogP contribution in [0.25, 0.3) is 0 Å². The first kappa shape index (κ1) is 23.6. The molecule has 10 heteroatoms. The van der Waals surface area contributed by atoms with Crippen LogP contribution in [0.4, 0.5) is 22.0 Å². The highest BCUT2D eigenvalue weighted by Gasteiger charge is 2.43. The maximum atomic E-state index is 14.8. The number of carbonyl (C=O) groups is 2. The van der Waals surface area contributed by atoms with Crippen molar-refractivity contribution in [3.8, 4) is 0 Å². The molecule has 0 bridgehead atoms. The van der Waals surface area contributed by atoms with Crippen LogP contribution in [0.2, 0.25) is 0 Å². The molecule has 0 fully saturated rings. The number of rotatable bonds is 5. The molecule has 0 amide bonds. The molecule has 0 aromatic heterocycles. The van der Waals surface area contributed by atoms with Crippen molar-refractivity contribution in [2.75, 3.05) is 19.7 Å². The highest BCUT2D eigenvalue weighted by molar-refractivity contribution is 6.04. The Morgan fingerprint density at radius 1 is 0.971 bits per heavy atom. The summed E-state index contributed by atoms with van der Waals surface area (Å²) in [7, 11) is 0. The predicted octanol–water partition coefficient (Wildman–Crippen LogP) is 3.56.